The third-order valence-corrected chi connectivity index (χ3v) is 4.41. The average molecular weight is 237 g/mol. The lowest BCUT2D eigenvalue weighted by atomic mass is 10.1. The van der Waals surface area contributed by atoms with E-state index in [0.717, 1.165) is 38.5 Å². The van der Waals surface area contributed by atoms with E-state index in [-0.39, 0.29) is 11.9 Å². The first-order chi connectivity index (χ1) is 8.24. The third kappa shape index (κ3) is 2.47. The first kappa shape index (κ1) is 11.5. The number of rotatable bonds is 3. The van der Waals surface area contributed by atoms with Gasteiger partial charge in [-0.2, -0.15) is 0 Å². The minimum absolute atomic E-state index is 0.0668. The Kier molecular flexibility index (Phi) is 3.09. The van der Waals surface area contributed by atoms with Crippen molar-refractivity contribution in [1.29, 1.82) is 0 Å². The van der Waals surface area contributed by atoms with Crippen LogP contribution in [-0.2, 0) is 4.79 Å². The van der Waals surface area contributed by atoms with Gasteiger partial charge in [0.2, 0.25) is 5.91 Å². The van der Waals surface area contributed by atoms with Gasteiger partial charge in [-0.25, -0.2) is 0 Å². The van der Waals surface area contributed by atoms with Crippen LogP contribution in [0.25, 0.3) is 0 Å². The molecule has 2 saturated heterocycles. The van der Waals surface area contributed by atoms with Gasteiger partial charge in [-0.1, -0.05) is 6.92 Å². The van der Waals surface area contributed by atoms with Crippen molar-refractivity contribution in [3.8, 4) is 0 Å². The van der Waals surface area contributed by atoms with Crippen molar-refractivity contribution in [2.45, 2.75) is 50.7 Å². The monoisotopic (exact) mass is 237 g/mol. The Labute approximate surface area is 103 Å². The maximum Gasteiger partial charge on any atom is 0.237 e. The van der Waals surface area contributed by atoms with Crippen LogP contribution in [0.15, 0.2) is 0 Å². The molecule has 0 aromatic carbocycles. The number of amides is 1. The van der Waals surface area contributed by atoms with Crippen molar-refractivity contribution < 1.29 is 4.79 Å². The van der Waals surface area contributed by atoms with E-state index in [4.69, 9.17) is 0 Å². The fourth-order valence-electron chi connectivity index (χ4n) is 3.12. The molecule has 2 aliphatic heterocycles. The standard InChI is InChI=1S/C13H23N3O/c1-9-7-16(10-4-5-10)8-12(9)15-13(17)11-3-2-6-14-11/h9-12,14H,2-8H2,1H3,(H,15,17). The molecule has 96 valence electrons. The van der Waals surface area contributed by atoms with E-state index >= 15 is 0 Å². The van der Waals surface area contributed by atoms with Gasteiger partial charge >= 0.3 is 0 Å². The summed E-state index contributed by atoms with van der Waals surface area (Å²) in [6, 6.07) is 1.26. The lowest BCUT2D eigenvalue weighted by molar-refractivity contribution is -0.123. The van der Waals surface area contributed by atoms with Crippen molar-refractivity contribution >= 4 is 5.91 Å². The fraction of sp³-hybridized carbons (Fsp3) is 0.923. The van der Waals surface area contributed by atoms with Gasteiger partial charge in [-0.3, -0.25) is 9.69 Å². The van der Waals surface area contributed by atoms with Crippen molar-refractivity contribution in [3.05, 3.63) is 0 Å². The Hall–Kier alpha value is -0.610. The SMILES string of the molecule is CC1CN(C2CC2)CC1NC(=O)C1CCCN1. The van der Waals surface area contributed by atoms with Crippen molar-refractivity contribution in [3.63, 3.8) is 0 Å². The minimum Gasteiger partial charge on any atom is -0.350 e. The Morgan fingerprint density at radius 2 is 2.12 bits per heavy atom. The van der Waals surface area contributed by atoms with Crippen molar-refractivity contribution in [2.24, 2.45) is 5.92 Å². The molecule has 2 N–H and O–H groups in total. The van der Waals surface area contributed by atoms with Gasteiger partial charge in [0.05, 0.1) is 6.04 Å². The summed E-state index contributed by atoms with van der Waals surface area (Å²) in [5.74, 6) is 0.818. The number of likely N-dealkylation sites (tertiary alicyclic amines) is 1. The molecule has 0 spiro atoms. The maximum absolute atomic E-state index is 12.0. The van der Waals surface area contributed by atoms with Gasteiger partial charge in [-0.15, -0.1) is 0 Å². The second-order valence-corrected chi connectivity index (χ2v) is 5.93. The number of hydrogen-bond donors (Lipinski definition) is 2. The lowest BCUT2D eigenvalue weighted by Gasteiger charge is -2.19. The molecule has 0 aromatic rings. The molecule has 3 atom stereocenters. The van der Waals surface area contributed by atoms with Gasteiger partial charge in [-0.05, 0) is 38.1 Å². The second-order valence-electron chi connectivity index (χ2n) is 5.93. The summed E-state index contributed by atoms with van der Waals surface area (Å²) in [7, 11) is 0. The largest absolute Gasteiger partial charge is 0.350 e. The van der Waals surface area contributed by atoms with Gasteiger partial charge < -0.3 is 10.6 Å². The predicted molar refractivity (Wildman–Crippen MR) is 66.7 cm³/mol. The van der Waals surface area contributed by atoms with Crippen molar-refractivity contribution in [2.75, 3.05) is 19.6 Å². The summed E-state index contributed by atoms with van der Waals surface area (Å²) < 4.78 is 0. The Bertz CT molecular complexity index is 297. The molecule has 3 fully saturated rings. The second kappa shape index (κ2) is 4.58. The molecule has 3 rings (SSSR count). The summed E-state index contributed by atoms with van der Waals surface area (Å²) in [5, 5.41) is 6.51. The van der Waals surface area contributed by atoms with Gasteiger partial charge in [0.1, 0.15) is 0 Å². The lowest BCUT2D eigenvalue weighted by Crippen LogP contribution is -2.47. The van der Waals surface area contributed by atoms with Crippen LogP contribution in [0.5, 0.6) is 0 Å². The first-order valence-corrected chi connectivity index (χ1v) is 7.02. The van der Waals surface area contributed by atoms with Crippen LogP contribution < -0.4 is 10.6 Å². The smallest absolute Gasteiger partial charge is 0.237 e. The van der Waals surface area contributed by atoms with E-state index in [1.165, 1.54) is 12.8 Å². The molecule has 1 saturated carbocycles. The molecule has 1 aliphatic carbocycles. The summed E-state index contributed by atoms with van der Waals surface area (Å²) in [6.45, 7) is 5.47. The highest BCUT2D eigenvalue weighted by molar-refractivity contribution is 5.82. The van der Waals surface area contributed by atoms with Crippen LogP contribution in [-0.4, -0.2) is 48.6 Å². The Balaban J connectivity index is 1.52. The molecule has 3 aliphatic rings. The highest BCUT2D eigenvalue weighted by Crippen LogP contribution is 2.31. The highest BCUT2D eigenvalue weighted by atomic mass is 16.2. The Morgan fingerprint density at radius 3 is 2.76 bits per heavy atom. The molecule has 0 bridgehead atoms. The summed E-state index contributed by atoms with van der Waals surface area (Å²) in [4.78, 5) is 14.6. The minimum atomic E-state index is 0.0668. The zero-order chi connectivity index (χ0) is 11.8. The predicted octanol–water partition coefficient (Wildman–Crippen LogP) is 0.337. The molecule has 0 radical (unpaired) electrons. The summed E-state index contributed by atoms with van der Waals surface area (Å²) in [5.41, 5.74) is 0. The number of carbonyl (C=O) groups excluding carboxylic acids is 1. The molecule has 2 heterocycles. The van der Waals surface area contributed by atoms with Gasteiger partial charge in [0.15, 0.2) is 0 Å². The number of nitrogens with zero attached hydrogens (tertiary/aromatic N) is 1. The fourth-order valence-corrected chi connectivity index (χ4v) is 3.12. The molecule has 3 unspecified atom stereocenters. The average Bonchev–Trinajstić information content (AvgIpc) is 2.87. The molecule has 4 heteroatoms. The topological polar surface area (TPSA) is 44.4 Å². The van der Waals surface area contributed by atoms with E-state index in [1.54, 1.807) is 0 Å². The Morgan fingerprint density at radius 1 is 1.29 bits per heavy atom. The first-order valence-electron chi connectivity index (χ1n) is 7.02. The normalized spacial score (nSPS) is 38.5. The zero-order valence-electron chi connectivity index (χ0n) is 10.6. The van der Waals surface area contributed by atoms with Crippen LogP contribution >= 0.6 is 0 Å². The van der Waals surface area contributed by atoms with E-state index in [1.807, 2.05) is 0 Å². The molecule has 4 nitrogen and oxygen atoms in total. The number of carbonyl (C=O) groups is 1. The van der Waals surface area contributed by atoms with E-state index < -0.39 is 0 Å². The van der Waals surface area contributed by atoms with Crippen LogP contribution in [0.4, 0.5) is 0 Å². The zero-order valence-corrected chi connectivity index (χ0v) is 10.6. The summed E-state index contributed by atoms with van der Waals surface area (Å²) >= 11 is 0. The number of nitrogens with one attached hydrogen (secondary N) is 2. The van der Waals surface area contributed by atoms with E-state index in [0.29, 0.717) is 12.0 Å². The highest BCUT2D eigenvalue weighted by Gasteiger charge is 2.39. The van der Waals surface area contributed by atoms with Crippen LogP contribution in [0.2, 0.25) is 0 Å². The van der Waals surface area contributed by atoms with E-state index in [2.05, 4.69) is 22.5 Å². The van der Waals surface area contributed by atoms with Crippen LogP contribution in [0.1, 0.15) is 32.6 Å². The molecule has 1 amide bonds. The van der Waals surface area contributed by atoms with Crippen LogP contribution in [0.3, 0.4) is 0 Å². The summed E-state index contributed by atoms with van der Waals surface area (Å²) in [6.07, 6.45) is 4.85. The van der Waals surface area contributed by atoms with Gasteiger partial charge in [0.25, 0.3) is 0 Å². The molecule has 17 heavy (non-hydrogen) atoms. The maximum atomic E-state index is 12.0. The quantitative estimate of drug-likeness (QED) is 0.744. The van der Waals surface area contributed by atoms with Crippen molar-refractivity contribution in [1.82, 2.24) is 15.5 Å². The number of hydrogen-bond acceptors (Lipinski definition) is 3. The molecular formula is C13H23N3O. The molecule has 0 aromatic heterocycles. The van der Waals surface area contributed by atoms with Crippen LogP contribution in [0, 0.1) is 5.92 Å². The van der Waals surface area contributed by atoms with E-state index in [9.17, 15) is 4.79 Å². The van der Waals surface area contributed by atoms with Gasteiger partial charge in [0, 0.05) is 25.2 Å². The third-order valence-electron chi connectivity index (χ3n) is 4.41. The molecular weight excluding hydrogens is 214 g/mol.